The van der Waals surface area contributed by atoms with Gasteiger partial charge in [-0.3, -0.25) is 10.1 Å². The lowest BCUT2D eigenvalue weighted by atomic mass is 9.94. The number of nitro benzene ring substituents is 1. The van der Waals surface area contributed by atoms with Crippen LogP contribution in [0.25, 0.3) is 0 Å². The summed E-state index contributed by atoms with van der Waals surface area (Å²) < 4.78 is 5.64. The van der Waals surface area contributed by atoms with Crippen molar-refractivity contribution in [3.63, 3.8) is 0 Å². The number of para-hydroxylation sites is 1. The molecule has 0 unspecified atom stereocenters. The summed E-state index contributed by atoms with van der Waals surface area (Å²) in [6.45, 7) is 2.69. The van der Waals surface area contributed by atoms with Gasteiger partial charge in [0.2, 0.25) is 0 Å². The van der Waals surface area contributed by atoms with Crippen LogP contribution in [0.15, 0.2) is 48.5 Å². The van der Waals surface area contributed by atoms with Crippen molar-refractivity contribution in [2.45, 2.75) is 25.4 Å². The SMILES string of the molecule is C[C@@H](NC(=O)NCc1cccc([N+](=O)[O-])c1)[C@H]1COc2ccccc21. The van der Waals surface area contributed by atoms with Crippen molar-refractivity contribution in [3.05, 3.63) is 69.8 Å². The number of hydrogen-bond donors (Lipinski definition) is 2. The Morgan fingerprint density at radius 1 is 1.32 bits per heavy atom. The van der Waals surface area contributed by atoms with E-state index in [-0.39, 0.29) is 30.2 Å². The number of amides is 2. The molecule has 7 heteroatoms. The van der Waals surface area contributed by atoms with Crippen molar-refractivity contribution < 1.29 is 14.5 Å². The third kappa shape index (κ3) is 3.88. The van der Waals surface area contributed by atoms with Gasteiger partial charge >= 0.3 is 6.03 Å². The Hall–Kier alpha value is -3.09. The molecular weight excluding hydrogens is 322 g/mol. The first-order valence-electron chi connectivity index (χ1n) is 8.04. The van der Waals surface area contributed by atoms with Crippen LogP contribution in [0.5, 0.6) is 5.75 Å². The number of nitro groups is 1. The predicted molar refractivity (Wildman–Crippen MR) is 92.6 cm³/mol. The molecule has 0 saturated carbocycles. The number of carbonyl (C=O) groups excluding carboxylic acids is 1. The third-order valence-electron chi connectivity index (χ3n) is 4.27. The third-order valence-corrected chi connectivity index (χ3v) is 4.27. The lowest BCUT2D eigenvalue weighted by molar-refractivity contribution is -0.384. The fraction of sp³-hybridized carbons (Fsp3) is 0.278. The summed E-state index contributed by atoms with van der Waals surface area (Å²) in [4.78, 5) is 22.4. The molecular formula is C18H19N3O4. The maximum Gasteiger partial charge on any atom is 0.315 e. The molecule has 2 amide bonds. The number of benzene rings is 2. The number of carbonyl (C=O) groups is 1. The molecule has 2 atom stereocenters. The van der Waals surface area contributed by atoms with Crippen molar-refractivity contribution >= 4 is 11.7 Å². The second-order valence-corrected chi connectivity index (χ2v) is 6.00. The van der Waals surface area contributed by atoms with Crippen LogP contribution in [0.1, 0.15) is 24.0 Å². The normalized spacial score (nSPS) is 16.4. The molecule has 0 aliphatic carbocycles. The Labute approximate surface area is 145 Å². The van der Waals surface area contributed by atoms with Crippen LogP contribution in [0.2, 0.25) is 0 Å². The molecule has 0 aromatic heterocycles. The van der Waals surface area contributed by atoms with E-state index < -0.39 is 4.92 Å². The largest absolute Gasteiger partial charge is 0.493 e. The van der Waals surface area contributed by atoms with Crippen LogP contribution in [0, 0.1) is 10.1 Å². The number of non-ortho nitro benzene ring substituents is 1. The second-order valence-electron chi connectivity index (χ2n) is 6.00. The molecule has 0 bridgehead atoms. The summed E-state index contributed by atoms with van der Waals surface area (Å²) >= 11 is 0. The van der Waals surface area contributed by atoms with E-state index in [0.717, 1.165) is 11.3 Å². The van der Waals surface area contributed by atoms with Crippen LogP contribution in [-0.4, -0.2) is 23.6 Å². The minimum Gasteiger partial charge on any atom is -0.493 e. The first kappa shape index (κ1) is 16.8. The predicted octanol–water partition coefficient (Wildman–Crippen LogP) is 2.96. The topological polar surface area (TPSA) is 93.5 Å². The van der Waals surface area contributed by atoms with Gasteiger partial charge in [0, 0.05) is 36.2 Å². The maximum atomic E-state index is 12.1. The average Bonchev–Trinajstić information content (AvgIpc) is 3.04. The Morgan fingerprint density at radius 3 is 2.92 bits per heavy atom. The van der Waals surface area contributed by atoms with E-state index in [4.69, 9.17) is 4.74 Å². The number of urea groups is 1. The van der Waals surface area contributed by atoms with E-state index in [1.165, 1.54) is 12.1 Å². The first-order chi connectivity index (χ1) is 12.0. The standard InChI is InChI=1S/C18H19N3O4/c1-12(16-11-25-17-8-3-2-7-15(16)17)20-18(22)19-10-13-5-4-6-14(9-13)21(23)24/h2-9,12,16H,10-11H2,1H3,(H2,19,20,22)/t12-,16-/m1/s1. The number of nitrogens with one attached hydrogen (secondary N) is 2. The molecule has 0 radical (unpaired) electrons. The molecule has 1 aliphatic rings. The van der Waals surface area contributed by atoms with E-state index in [9.17, 15) is 14.9 Å². The molecule has 1 heterocycles. The lowest BCUT2D eigenvalue weighted by Crippen LogP contribution is -2.43. The Morgan fingerprint density at radius 2 is 2.12 bits per heavy atom. The Kier molecular flexibility index (Phi) is 4.83. The number of rotatable bonds is 5. The van der Waals surface area contributed by atoms with E-state index in [1.807, 2.05) is 31.2 Å². The summed E-state index contributed by atoms with van der Waals surface area (Å²) in [5.74, 6) is 0.956. The zero-order valence-electron chi connectivity index (χ0n) is 13.8. The zero-order valence-corrected chi connectivity index (χ0v) is 13.8. The molecule has 2 aromatic carbocycles. The fourth-order valence-electron chi connectivity index (χ4n) is 2.92. The monoisotopic (exact) mass is 341 g/mol. The van der Waals surface area contributed by atoms with Gasteiger partial charge in [-0.2, -0.15) is 0 Å². The molecule has 0 saturated heterocycles. The fourth-order valence-corrected chi connectivity index (χ4v) is 2.92. The molecule has 1 aliphatic heterocycles. The van der Waals surface area contributed by atoms with Gasteiger partial charge in [0.15, 0.2) is 0 Å². The quantitative estimate of drug-likeness (QED) is 0.646. The Bertz CT molecular complexity index is 793. The van der Waals surface area contributed by atoms with Crippen molar-refractivity contribution in [2.75, 3.05) is 6.61 Å². The number of nitrogens with zero attached hydrogens (tertiary/aromatic N) is 1. The molecule has 2 aromatic rings. The molecule has 130 valence electrons. The summed E-state index contributed by atoms with van der Waals surface area (Å²) in [5.41, 5.74) is 1.77. The highest BCUT2D eigenvalue weighted by molar-refractivity contribution is 5.74. The number of ether oxygens (including phenoxy) is 1. The van der Waals surface area contributed by atoms with Gasteiger partial charge in [0.1, 0.15) is 5.75 Å². The van der Waals surface area contributed by atoms with Gasteiger partial charge in [-0.1, -0.05) is 30.3 Å². The van der Waals surface area contributed by atoms with Crippen molar-refractivity contribution in [1.29, 1.82) is 0 Å². The number of fused-ring (bicyclic) bond motifs is 1. The van der Waals surface area contributed by atoms with Gasteiger partial charge in [0.25, 0.3) is 5.69 Å². The second kappa shape index (κ2) is 7.21. The summed E-state index contributed by atoms with van der Waals surface area (Å²) in [6.07, 6.45) is 0. The first-order valence-corrected chi connectivity index (χ1v) is 8.04. The van der Waals surface area contributed by atoms with E-state index >= 15 is 0 Å². The van der Waals surface area contributed by atoms with E-state index in [2.05, 4.69) is 10.6 Å². The van der Waals surface area contributed by atoms with Crippen LogP contribution >= 0.6 is 0 Å². The van der Waals surface area contributed by atoms with E-state index in [1.54, 1.807) is 12.1 Å². The van der Waals surface area contributed by atoms with Gasteiger partial charge in [-0.25, -0.2) is 4.79 Å². The molecule has 0 spiro atoms. The van der Waals surface area contributed by atoms with Gasteiger partial charge in [-0.15, -0.1) is 0 Å². The van der Waals surface area contributed by atoms with Crippen molar-refractivity contribution in [1.82, 2.24) is 10.6 Å². The highest BCUT2D eigenvalue weighted by Gasteiger charge is 2.29. The van der Waals surface area contributed by atoms with Crippen LogP contribution < -0.4 is 15.4 Å². The van der Waals surface area contributed by atoms with Crippen molar-refractivity contribution in [3.8, 4) is 5.75 Å². The van der Waals surface area contributed by atoms with Crippen LogP contribution in [-0.2, 0) is 6.54 Å². The molecule has 25 heavy (non-hydrogen) atoms. The highest BCUT2D eigenvalue weighted by atomic mass is 16.6. The van der Waals surface area contributed by atoms with Gasteiger partial charge in [-0.05, 0) is 18.6 Å². The number of hydrogen-bond acceptors (Lipinski definition) is 4. The molecule has 0 fully saturated rings. The minimum atomic E-state index is -0.455. The van der Waals surface area contributed by atoms with Gasteiger partial charge in [0.05, 0.1) is 11.5 Å². The minimum absolute atomic E-state index is 0.00721. The lowest BCUT2D eigenvalue weighted by Gasteiger charge is -2.20. The summed E-state index contributed by atoms with van der Waals surface area (Å²) in [6, 6.07) is 13.6. The molecule has 2 N–H and O–H groups in total. The van der Waals surface area contributed by atoms with E-state index in [0.29, 0.717) is 12.2 Å². The van der Waals surface area contributed by atoms with Crippen molar-refractivity contribution in [2.24, 2.45) is 0 Å². The molecule has 3 rings (SSSR count). The Balaban J connectivity index is 1.55. The van der Waals surface area contributed by atoms with Gasteiger partial charge < -0.3 is 15.4 Å². The van der Waals surface area contributed by atoms with Crippen LogP contribution in [0.4, 0.5) is 10.5 Å². The smallest absolute Gasteiger partial charge is 0.315 e. The zero-order chi connectivity index (χ0) is 17.8. The summed E-state index contributed by atoms with van der Waals surface area (Å²) in [5, 5.41) is 16.4. The van der Waals surface area contributed by atoms with Crippen LogP contribution in [0.3, 0.4) is 0 Å². The molecule has 7 nitrogen and oxygen atoms in total. The maximum absolute atomic E-state index is 12.1. The average molecular weight is 341 g/mol. The summed E-state index contributed by atoms with van der Waals surface area (Å²) in [7, 11) is 0. The highest BCUT2D eigenvalue weighted by Crippen LogP contribution is 2.35.